The van der Waals surface area contributed by atoms with Crippen molar-refractivity contribution in [3.63, 3.8) is 0 Å². The van der Waals surface area contributed by atoms with Gasteiger partial charge in [-0.05, 0) is 48.5 Å². The normalized spacial score (nSPS) is 11.3. The summed E-state index contributed by atoms with van der Waals surface area (Å²) >= 11 is 0. The zero-order chi connectivity index (χ0) is 28.2. The Hall–Kier alpha value is -6.10. The van der Waals surface area contributed by atoms with E-state index in [-0.39, 0.29) is 0 Å². The molecule has 0 atom stereocenters. The fourth-order valence-electron chi connectivity index (χ4n) is 6.45. The monoisotopic (exact) mass is 534 g/mol. The zero-order valence-corrected chi connectivity index (χ0v) is 22.5. The fraction of sp³-hybridized carbons (Fsp3) is 0. The highest BCUT2D eigenvalue weighted by Crippen LogP contribution is 2.44. The van der Waals surface area contributed by atoms with Crippen LogP contribution in [0.15, 0.2) is 133 Å². The topological polar surface area (TPSA) is 57.4 Å². The van der Waals surface area contributed by atoms with E-state index in [9.17, 15) is 10.5 Å². The number of nitrogens with zero attached hydrogens (tertiary/aromatic N) is 4. The van der Waals surface area contributed by atoms with Crippen molar-refractivity contribution in [1.29, 1.82) is 10.5 Å². The van der Waals surface area contributed by atoms with Gasteiger partial charge in [0.25, 0.3) is 0 Å². The van der Waals surface area contributed by atoms with Crippen molar-refractivity contribution in [2.24, 2.45) is 0 Å². The summed E-state index contributed by atoms with van der Waals surface area (Å²) in [5.41, 5.74) is 8.96. The molecule has 42 heavy (non-hydrogen) atoms. The molecule has 4 nitrogen and oxygen atoms in total. The summed E-state index contributed by atoms with van der Waals surface area (Å²) in [7, 11) is 0. The number of fused-ring (bicyclic) bond motifs is 6. The van der Waals surface area contributed by atoms with Crippen LogP contribution in [0.3, 0.4) is 0 Å². The van der Waals surface area contributed by atoms with Crippen LogP contribution in [0.25, 0.3) is 66.1 Å². The van der Waals surface area contributed by atoms with E-state index in [2.05, 4.69) is 130 Å². The van der Waals surface area contributed by atoms with Crippen LogP contribution in [0.2, 0.25) is 0 Å². The SMILES string of the molecule is N#Cc1ccc(-c2c(-n3c4ccccc4c4ccccc43)ccc3c4ccccc4n(-c4ccccc4)c23)c(C#N)c1. The highest BCUT2D eigenvalue weighted by atomic mass is 15.0. The molecular formula is C38H22N4. The first-order valence-corrected chi connectivity index (χ1v) is 13.8. The summed E-state index contributed by atoms with van der Waals surface area (Å²) in [6.07, 6.45) is 0. The van der Waals surface area contributed by atoms with Gasteiger partial charge in [0.1, 0.15) is 0 Å². The second kappa shape index (κ2) is 9.24. The molecule has 0 bridgehead atoms. The molecule has 8 aromatic rings. The van der Waals surface area contributed by atoms with Crippen molar-refractivity contribution in [3.8, 4) is 34.6 Å². The van der Waals surface area contributed by atoms with E-state index in [0.29, 0.717) is 11.1 Å². The van der Waals surface area contributed by atoms with Crippen LogP contribution in [0, 0.1) is 22.7 Å². The Morgan fingerprint density at radius 3 is 1.67 bits per heavy atom. The first-order valence-electron chi connectivity index (χ1n) is 13.8. The third-order valence-electron chi connectivity index (χ3n) is 8.19. The van der Waals surface area contributed by atoms with Crippen LogP contribution in [0.1, 0.15) is 11.1 Å². The maximum Gasteiger partial charge on any atom is 0.0998 e. The van der Waals surface area contributed by atoms with Gasteiger partial charge in [-0.1, -0.05) is 84.9 Å². The summed E-state index contributed by atoms with van der Waals surface area (Å²) in [6.45, 7) is 0. The summed E-state index contributed by atoms with van der Waals surface area (Å²) in [6, 6.07) is 50.1. The van der Waals surface area contributed by atoms with Gasteiger partial charge < -0.3 is 9.13 Å². The Morgan fingerprint density at radius 2 is 1.05 bits per heavy atom. The minimum atomic E-state index is 0.462. The van der Waals surface area contributed by atoms with Crippen molar-refractivity contribution < 1.29 is 0 Å². The van der Waals surface area contributed by atoms with Crippen molar-refractivity contribution in [2.45, 2.75) is 0 Å². The summed E-state index contributed by atoms with van der Waals surface area (Å²) in [5, 5.41) is 24.6. The van der Waals surface area contributed by atoms with Crippen molar-refractivity contribution >= 4 is 43.6 Å². The Bertz CT molecular complexity index is 2380. The molecule has 0 radical (unpaired) electrons. The van der Waals surface area contributed by atoms with Crippen molar-refractivity contribution in [3.05, 3.63) is 145 Å². The fourth-order valence-corrected chi connectivity index (χ4v) is 6.45. The van der Waals surface area contributed by atoms with Crippen LogP contribution in [0.4, 0.5) is 0 Å². The smallest absolute Gasteiger partial charge is 0.0998 e. The lowest BCUT2D eigenvalue weighted by Crippen LogP contribution is -2.02. The minimum Gasteiger partial charge on any atom is -0.309 e. The Balaban J connectivity index is 1.64. The van der Waals surface area contributed by atoms with Gasteiger partial charge in [-0.25, -0.2) is 0 Å². The molecule has 194 valence electrons. The molecule has 0 saturated carbocycles. The highest BCUT2D eigenvalue weighted by Gasteiger charge is 2.24. The van der Waals surface area contributed by atoms with E-state index in [1.165, 1.54) is 10.8 Å². The second-order valence-corrected chi connectivity index (χ2v) is 10.4. The Kier molecular flexibility index (Phi) is 5.22. The van der Waals surface area contributed by atoms with Crippen LogP contribution in [0.5, 0.6) is 0 Å². The van der Waals surface area contributed by atoms with Gasteiger partial charge in [-0.2, -0.15) is 10.5 Å². The number of benzene rings is 6. The number of hydrogen-bond acceptors (Lipinski definition) is 2. The molecule has 0 amide bonds. The molecule has 2 heterocycles. The predicted molar refractivity (Wildman–Crippen MR) is 170 cm³/mol. The van der Waals surface area contributed by atoms with Gasteiger partial charge in [0.2, 0.25) is 0 Å². The molecule has 6 aromatic carbocycles. The van der Waals surface area contributed by atoms with Crippen molar-refractivity contribution in [1.82, 2.24) is 9.13 Å². The lowest BCUT2D eigenvalue weighted by atomic mass is 9.94. The summed E-state index contributed by atoms with van der Waals surface area (Å²) in [4.78, 5) is 0. The summed E-state index contributed by atoms with van der Waals surface area (Å²) < 4.78 is 4.61. The minimum absolute atomic E-state index is 0.462. The third-order valence-corrected chi connectivity index (χ3v) is 8.19. The molecule has 0 saturated heterocycles. The van der Waals surface area contributed by atoms with E-state index in [1.54, 1.807) is 12.1 Å². The highest BCUT2D eigenvalue weighted by molar-refractivity contribution is 6.17. The van der Waals surface area contributed by atoms with Crippen LogP contribution in [-0.2, 0) is 0 Å². The predicted octanol–water partition coefficient (Wildman–Crippen LogP) is 9.29. The van der Waals surface area contributed by atoms with Crippen LogP contribution < -0.4 is 0 Å². The third kappa shape index (κ3) is 3.33. The number of aromatic nitrogens is 2. The lowest BCUT2D eigenvalue weighted by Gasteiger charge is -2.19. The van der Waals surface area contributed by atoms with E-state index in [0.717, 1.165) is 55.3 Å². The first-order chi connectivity index (χ1) is 20.8. The molecule has 4 heteroatoms. The molecule has 0 N–H and O–H groups in total. The zero-order valence-electron chi connectivity index (χ0n) is 22.5. The number of nitriles is 2. The second-order valence-electron chi connectivity index (χ2n) is 10.4. The Morgan fingerprint density at radius 1 is 0.476 bits per heavy atom. The standard InChI is InChI=1S/C38H22N4/c39-23-25-18-19-28(26(22-25)24-40)37-36(42-34-16-8-4-12-29(34)30-13-5-9-17-35(30)42)21-20-32-31-14-6-7-15-33(31)41(38(32)37)27-10-2-1-3-11-27/h1-22H. The molecule has 0 fully saturated rings. The number of para-hydroxylation sites is 4. The van der Waals surface area contributed by atoms with Gasteiger partial charge in [0.05, 0.1) is 51.0 Å². The van der Waals surface area contributed by atoms with Gasteiger partial charge >= 0.3 is 0 Å². The average molecular weight is 535 g/mol. The molecule has 0 aliphatic rings. The molecule has 2 aromatic heterocycles. The lowest BCUT2D eigenvalue weighted by molar-refractivity contribution is 1.16. The van der Waals surface area contributed by atoms with Gasteiger partial charge in [0.15, 0.2) is 0 Å². The molecule has 0 spiro atoms. The van der Waals surface area contributed by atoms with E-state index >= 15 is 0 Å². The number of hydrogen-bond donors (Lipinski definition) is 0. The number of rotatable bonds is 3. The van der Waals surface area contributed by atoms with Gasteiger partial charge in [-0.3, -0.25) is 0 Å². The van der Waals surface area contributed by atoms with Crippen LogP contribution >= 0.6 is 0 Å². The van der Waals surface area contributed by atoms with Crippen LogP contribution in [-0.4, -0.2) is 9.13 Å². The van der Waals surface area contributed by atoms with E-state index in [4.69, 9.17) is 0 Å². The summed E-state index contributed by atoms with van der Waals surface area (Å²) in [5.74, 6) is 0. The maximum absolute atomic E-state index is 10.4. The molecular weight excluding hydrogens is 512 g/mol. The average Bonchev–Trinajstić information content (AvgIpc) is 3.57. The Labute approximate surface area is 242 Å². The molecule has 8 rings (SSSR count). The van der Waals surface area contributed by atoms with E-state index < -0.39 is 0 Å². The maximum atomic E-state index is 10.4. The quantitative estimate of drug-likeness (QED) is 0.227. The molecule has 0 aliphatic carbocycles. The largest absolute Gasteiger partial charge is 0.309 e. The van der Waals surface area contributed by atoms with Gasteiger partial charge in [-0.15, -0.1) is 0 Å². The van der Waals surface area contributed by atoms with Gasteiger partial charge in [0, 0.05) is 38.4 Å². The molecule has 0 unspecified atom stereocenters. The van der Waals surface area contributed by atoms with E-state index in [1.807, 2.05) is 12.1 Å². The first kappa shape index (κ1) is 23.8. The van der Waals surface area contributed by atoms with Crippen molar-refractivity contribution in [2.75, 3.05) is 0 Å². The molecule has 0 aliphatic heterocycles.